The van der Waals surface area contributed by atoms with E-state index >= 15 is 0 Å². The monoisotopic (exact) mass is 457 g/mol. The molecule has 0 saturated heterocycles. The molecule has 0 radical (unpaired) electrons. The number of carbonyl (C=O) groups excluding carboxylic acids is 1. The van der Waals surface area contributed by atoms with Crippen LogP contribution in [0.1, 0.15) is 21.5 Å². The van der Waals surface area contributed by atoms with Gasteiger partial charge in [-0.1, -0.05) is 48.5 Å². The third-order valence-corrected chi connectivity index (χ3v) is 5.48. The Morgan fingerprint density at radius 3 is 2.64 bits per heavy atom. The zero-order valence-corrected chi connectivity index (χ0v) is 18.7. The van der Waals surface area contributed by atoms with Gasteiger partial charge in [-0.25, -0.2) is 0 Å². The molecule has 7 heteroatoms. The van der Waals surface area contributed by atoms with Crippen molar-refractivity contribution in [3.8, 4) is 5.75 Å². The maximum absolute atomic E-state index is 12.7. The van der Waals surface area contributed by atoms with Crippen LogP contribution in [0, 0.1) is 4.77 Å². The van der Waals surface area contributed by atoms with Gasteiger partial charge in [0.1, 0.15) is 12.4 Å². The Morgan fingerprint density at radius 1 is 1.06 bits per heavy atom. The highest BCUT2D eigenvalue weighted by atomic mass is 32.1. The van der Waals surface area contributed by atoms with E-state index in [4.69, 9.17) is 17.0 Å². The lowest BCUT2D eigenvalue weighted by Crippen LogP contribution is -2.24. The van der Waals surface area contributed by atoms with Crippen molar-refractivity contribution in [3.05, 3.63) is 117 Å². The molecule has 0 aliphatic carbocycles. The van der Waals surface area contributed by atoms with Crippen LogP contribution in [-0.4, -0.2) is 15.5 Å². The van der Waals surface area contributed by atoms with Crippen LogP contribution in [-0.2, 0) is 19.7 Å². The lowest BCUT2D eigenvalue weighted by atomic mass is 10.1. The normalized spacial score (nSPS) is 10.7. The first-order valence-electron chi connectivity index (χ1n) is 10.5. The highest BCUT2D eigenvalue weighted by Crippen LogP contribution is 2.16. The van der Waals surface area contributed by atoms with Gasteiger partial charge in [-0.2, -0.15) is 0 Å². The summed E-state index contributed by atoms with van der Waals surface area (Å²) in [6, 6.07) is 22.5. The molecule has 0 atom stereocenters. The maximum Gasteiger partial charge on any atom is 0.262 e. The quantitative estimate of drug-likeness (QED) is 0.296. The van der Waals surface area contributed by atoms with E-state index in [1.807, 2.05) is 54.6 Å². The number of ether oxygens (including phenoxy) is 1. The number of nitrogens with one attached hydrogen (secondary N) is 2. The molecule has 1 aromatic heterocycles. The largest absolute Gasteiger partial charge is 0.489 e. The number of allylic oxidation sites excluding steroid dienone is 1. The minimum Gasteiger partial charge on any atom is -0.489 e. The number of benzene rings is 3. The zero-order chi connectivity index (χ0) is 23.2. The van der Waals surface area contributed by atoms with Crippen molar-refractivity contribution in [2.45, 2.75) is 19.7 Å². The Labute approximate surface area is 196 Å². The van der Waals surface area contributed by atoms with Crippen LogP contribution in [0.25, 0.3) is 10.9 Å². The third kappa shape index (κ3) is 5.27. The van der Waals surface area contributed by atoms with Crippen LogP contribution in [0.3, 0.4) is 0 Å². The topological polar surface area (TPSA) is 76.1 Å². The van der Waals surface area contributed by atoms with Crippen LogP contribution in [0.5, 0.6) is 5.75 Å². The molecule has 0 fully saturated rings. The Morgan fingerprint density at radius 2 is 1.85 bits per heavy atom. The molecule has 0 aliphatic heterocycles. The van der Waals surface area contributed by atoms with Gasteiger partial charge >= 0.3 is 0 Å². The first kappa shape index (κ1) is 22.2. The number of rotatable bonds is 8. The number of nitrogens with zero attached hydrogens (tertiary/aromatic N) is 1. The first-order chi connectivity index (χ1) is 16.0. The van der Waals surface area contributed by atoms with Gasteiger partial charge in [-0.15, -0.1) is 6.58 Å². The van der Waals surface area contributed by atoms with Gasteiger partial charge in [0, 0.05) is 18.7 Å². The van der Waals surface area contributed by atoms with Crippen molar-refractivity contribution < 1.29 is 9.53 Å². The van der Waals surface area contributed by atoms with Crippen molar-refractivity contribution >= 4 is 29.0 Å². The van der Waals surface area contributed by atoms with Gasteiger partial charge in [0.05, 0.1) is 10.9 Å². The van der Waals surface area contributed by atoms with Crippen LogP contribution in [0.2, 0.25) is 0 Å². The molecule has 0 spiro atoms. The highest BCUT2D eigenvalue weighted by Gasteiger charge is 2.10. The van der Waals surface area contributed by atoms with E-state index in [0.717, 1.165) is 16.9 Å². The molecule has 0 saturated carbocycles. The Hall–Kier alpha value is -3.97. The molecule has 0 aliphatic rings. The summed E-state index contributed by atoms with van der Waals surface area (Å²) in [5, 5.41) is 3.37. The Balaban J connectivity index is 1.44. The predicted octanol–water partition coefficient (Wildman–Crippen LogP) is 4.75. The second-order valence-electron chi connectivity index (χ2n) is 7.50. The predicted molar refractivity (Wildman–Crippen MR) is 132 cm³/mol. The third-order valence-electron chi connectivity index (χ3n) is 5.16. The fraction of sp³-hybridized carbons (Fsp3) is 0.115. The van der Waals surface area contributed by atoms with Crippen LogP contribution >= 0.6 is 12.2 Å². The lowest BCUT2D eigenvalue weighted by molar-refractivity contribution is 0.0951. The van der Waals surface area contributed by atoms with Gasteiger partial charge in [0.25, 0.3) is 11.5 Å². The number of amides is 1. The van der Waals surface area contributed by atoms with Gasteiger partial charge in [0.15, 0.2) is 4.77 Å². The smallest absolute Gasteiger partial charge is 0.262 e. The van der Waals surface area contributed by atoms with Gasteiger partial charge < -0.3 is 15.0 Å². The molecule has 1 heterocycles. The van der Waals surface area contributed by atoms with E-state index in [9.17, 15) is 9.59 Å². The van der Waals surface area contributed by atoms with E-state index < -0.39 is 0 Å². The molecule has 4 rings (SSSR count). The molecule has 4 aromatic rings. The molecule has 6 nitrogen and oxygen atoms in total. The van der Waals surface area contributed by atoms with E-state index in [0.29, 0.717) is 36.2 Å². The van der Waals surface area contributed by atoms with E-state index in [1.165, 1.54) is 4.57 Å². The van der Waals surface area contributed by atoms with E-state index in [-0.39, 0.29) is 16.2 Å². The summed E-state index contributed by atoms with van der Waals surface area (Å²) in [6.45, 7) is 4.79. The van der Waals surface area contributed by atoms with Crippen LogP contribution in [0.4, 0.5) is 0 Å². The van der Waals surface area contributed by atoms with E-state index in [1.54, 1.807) is 24.3 Å². The molecule has 0 bridgehead atoms. The molecular weight excluding hydrogens is 434 g/mol. The average Bonchev–Trinajstić information content (AvgIpc) is 2.84. The summed E-state index contributed by atoms with van der Waals surface area (Å²) >= 11 is 5.27. The summed E-state index contributed by atoms with van der Waals surface area (Å²) in [7, 11) is 0. The van der Waals surface area contributed by atoms with Gasteiger partial charge in [-0.3, -0.25) is 14.2 Å². The van der Waals surface area contributed by atoms with Gasteiger partial charge in [0.2, 0.25) is 0 Å². The number of H-pyrrole nitrogens is 1. The Kier molecular flexibility index (Phi) is 6.80. The summed E-state index contributed by atoms with van der Waals surface area (Å²) in [5.41, 5.74) is 2.75. The summed E-state index contributed by atoms with van der Waals surface area (Å²) < 4.78 is 7.57. The molecule has 3 aromatic carbocycles. The minimum absolute atomic E-state index is 0.215. The number of aromatic amines is 1. The lowest BCUT2D eigenvalue weighted by Gasteiger charge is -2.10. The molecule has 1 amide bonds. The van der Waals surface area contributed by atoms with Crippen molar-refractivity contribution in [1.29, 1.82) is 0 Å². The summed E-state index contributed by atoms with van der Waals surface area (Å²) in [6.07, 6.45) is 1.61. The molecule has 33 heavy (non-hydrogen) atoms. The second-order valence-corrected chi connectivity index (χ2v) is 7.89. The second kappa shape index (κ2) is 10.1. The highest BCUT2D eigenvalue weighted by molar-refractivity contribution is 7.71. The number of hydrogen-bond acceptors (Lipinski definition) is 4. The first-order valence-corrected chi connectivity index (χ1v) is 10.9. The fourth-order valence-electron chi connectivity index (χ4n) is 3.46. The van der Waals surface area contributed by atoms with Crippen LogP contribution < -0.4 is 15.6 Å². The SMILES string of the molecule is C=CCn1c(=S)[nH]c2cc(C(=O)NCc3cccc(OCc4ccccc4)c3)ccc2c1=O. The van der Waals surface area contributed by atoms with Crippen molar-refractivity contribution in [3.63, 3.8) is 0 Å². The van der Waals surface area contributed by atoms with Crippen molar-refractivity contribution in [1.82, 2.24) is 14.9 Å². The molecular formula is C26H23N3O3S. The van der Waals surface area contributed by atoms with Crippen molar-refractivity contribution in [2.75, 3.05) is 0 Å². The molecule has 0 unspecified atom stereocenters. The standard InChI is InChI=1S/C26H23N3O3S/c1-2-13-29-25(31)22-12-11-20(15-23(22)28-26(29)33)24(30)27-16-19-9-6-10-21(14-19)32-17-18-7-4-3-5-8-18/h2-12,14-15H,1,13,16-17H2,(H,27,30)(H,28,33). The van der Waals surface area contributed by atoms with Crippen LogP contribution in [0.15, 0.2) is 90.2 Å². The van der Waals surface area contributed by atoms with Crippen molar-refractivity contribution in [2.24, 2.45) is 0 Å². The van der Waals surface area contributed by atoms with E-state index in [2.05, 4.69) is 16.9 Å². The summed E-state index contributed by atoms with van der Waals surface area (Å²) in [5.74, 6) is 0.488. The number of hydrogen-bond donors (Lipinski definition) is 2. The fourth-order valence-corrected chi connectivity index (χ4v) is 3.73. The van der Waals surface area contributed by atoms with Gasteiger partial charge in [-0.05, 0) is 53.7 Å². The number of carbonyl (C=O) groups is 1. The molecule has 2 N–H and O–H groups in total. The minimum atomic E-state index is -0.248. The number of fused-ring (bicyclic) bond motifs is 1. The number of aromatic nitrogens is 2. The maximum atomic E-state index is 12.7. The Bertz CT molecular complexity index is 1420. The zero-order valence-electron chi connectivity index (χ0n) is 17.9. The average molecular weight is 458 g/mol. The summed E-state index contributed by atoms with van der Waals surface area (Å²) in [4.78, 5) is 28.4. The molecule has 166 valence electrons.